The maximum absolute atomic E-state index is 11.6. The van der Waals surface area contributed by atoms with Crippen LogP contribution in [0.2, 0.25) is 0 Å². The van der Waals surface area contributed by atoms with E-state index in [0.29, 0.717) is 0 Å². The minimum atomic E-state index is -1.36. The molecule has 100 valence electrons. The zero-order chi connectivity index (χ0) is 14.9. The summed E-state index contributed by atoms with van der Waals surface area (Å²) in [4.78, 5) is 45.8. The minimum absolute atomic E-state index is 0.107. The molecule has 1 aromatic carbocycles. The Kier molecular flexibility index (Phi) is 3.84. The molecular formula is C13H13NO5. The van der Waals surface area contributed by atoms with Crippen LogP contribution in [-0.2, 0) is 0 Å². The molecule has 1 rings (SSSR count). The van der Waals surface area contributed by atoms with Crippen LogP contribution in [0, 0.1) is 0 Å². The summed E-state index contributed by atoms with van der Waals surface area (Å²) in [5, 5.41) is 9.02. The highest BCUT2D eigenvalue weighted by molar-refractivity contribution is 6.18. The Morgan fingerprint density at radius 2 is 1.37 bits per heavy atom. The normalized spacial score (nSPS) is 10.1. The molecule has 0 atom stereocenters. The zero-order valence-corrected chi connectivity index (χ0v) is 10.7. The van der Waals surface area contributed by atoms with Gasteiger partial charge < -0.3 is 10.8 Å². The lowest BCUT2D eigenvalue weighted by Crippen LogP contribution is -2.17. The molecule has 6 nitrogen and oxygen atoms in total. The number of carboxylic acids is 1. The molecule has 3 N–H and O–H groups in total. The number of nitrogens with two attached hydrogens (primary N) is 1. The van der Waals surface area contributed by atoms with Crippen LogP contribution < -0.4 is 5.73 Å². The van der Waals surface area contributed by atoms with Crippen molar-refractivity contribution in [3.05, 3.63) is 28.3 Å². The van der Waals surface area contributed by atoms with Crippen LogP contribution in [0.1, 0.15) is 62.2 Å². The van der Waals surface area contributed by atoms with Crippen LogP contribution >= 0.6 is 0 Å². The number of rotatable bonds is 4. The second kappa shape index (κ2) is 5.01. The van der Waals surface area contributed by atoms with Crippen molar-refractivity contribution in [3.8, 4) is 0 Å². The van der Waals surface area contributed by atoms with E-state index in [1.54, 1.807) is 0 Å². The predicted molar refractivity (Wildman–Crippen MR) is 67.8 cm³/mol. The maximum atomic E-state index is 11.6. The van der Waals surface area contributed by atoms with E-state index >= 15 is 0 Å². The van der Waals surface area contributed by atoms with Crippen LogP contribution in [0.3, 0.4) is 0 Å². The summed E-state index contributed by atoms with van der Waals surface area (Å²) in [5.74, 6) is -2.94. The van der Waals surface area contributed by atoms with Gasteiger partial charge >= 0.3 is 5.97 Å². The number of carboxylic acid groups (broad SMARTS) is 1. The number of benzene rings is 1. The highest BCUT2D eigenvalue weighted by Crippen LogP contribution is 2.27. The summed E-state index contributed by atoms with van der Waals surface area (Å²) < 4.78 is 0. The number of anilines is 1. The Hall–Kier alpha value is -2.50. The molecular weight excluding hydrogens is 250 g/mol. The third kappa shape index (κ3) is 2.52. The second-order valence-electron chi connectivity index (χ2n) is 4.11. The van der Waals surface area contributed by atoms with Gasteiger partial charge in [0.05, 0.1) is 16.8 Å². The zero-order valence-electron chi connectivity index (χ0n) is 10.7. The fourth-order valence-corrected chi connectivity index (χ4v) is 1.88. The van der Waals surface area contributed by atoms with Crippen molar-refractivity contribution in [2.75, 3.05) is 5.73 Å². The van der Waals surface area contributed by atoms with Crippen molar-refractivity contribution in [2.24, 2.45) is 0 Å². The van der Waals surface area contributed by atoms with Crippen molar-refractivity contribution in [2.45, 2.75) is 20.8 Å². The van der Waals surface area contributed by atoms with Crippen LogP contribution in [0.4, 0.5) is 5.69 Å². The van der Waals surface area contributed by atoms with Crippen molar-refractivity contribution in [1.82, 2.24) is 0 Å². The quantitative estimate of drug-likeness (QED) is 0.629. The predicted octanol–water partition coefficient (Wildman–Crippen LogP) is 1.57. The highest BCUT2D eigenvalue weighted by atomic mass is 16.4. The molecule has 0 heterocycles. The van der Waals surface area contributed by atoms with Gasteiger partial charge in [-0.15, -0.1) is 0 Å². The first-order chi connectivity index (χ1) is 8.68. The van der Waals surface area contributed by atoms with Gasteiger partial charge in [0.15, 0.2) is 17.3 Å². The van der Waals surface area contributed by atoms with E-state index in [9.17, 15) is 19.2 Å². The van der Waals surface area contributed by atoms with Gasteiger partial charge in [-0.25, -0.2) is 4.79 Å². The number of hydrogen-bond donors (Lipinski definition) is 2. The third-order valence-electron chi connectivity index (χ3n) is 2.68. The van der Waals surface area contributed by atoms with Gasteiger partial charge in [0.2, 0.25) is 0 Å². The monoisotopic (exact) mass is 263 g/mol. The molecule has 0 unspecified atom stereocenters. The van der Waals surface area contributed by atoms with E-state index in [2.05, 4.69) is 0 Å². The Balaban J connectivity index is 3.94. The number of carbonyl (C=O) groups is 4. The third-order valence-corrected chi connectivity index (χ3v) is 2.68. The molecule has 0 amide bonds. The van der Waals surface area contributed by atoms with E-state index in [1.165, 1.54) is 13.8 Å². The van der Waals surface area contributed by atoms with Crippen molar-refractivity contribution in [3.63, 3.8) is 0 Å². The summed E-state index contributed by atoms with van der Waals surface area (Å²) in [6.07, 6.45) is 0. The Labute approximate surface area is 109 Å². The van der Waals surface area contributed by atoms with E-state index in [0.717, 1.165) is 13.0 Å². The summed E-state index contributed by atoms with van der Waals surface area (Å²) >= 11 is 0. The SMILES string of the molecule is CC(=O)c1cc(C(=O)O)c(N)c(C(C)=O)c1C(C)=O. The van der Waals surface area contributed by atoms with Crippen LogP contribution in [0.15, 0.2) is 6.07 Å². The van der Waals surface area contributed by atoms with Gasteiger partial charge in [-0.2, -0.15) is 0 Å². The maximum Gasteiger partial charge on any atom is 0.337 e. The molecule has 0 radical (unpaired) electrons. The van der Waals surface area contributed by atoms with Gasteiger partial charge in [-0.3, -0.25) is 14.4 Å². The standard InChI is InChI=1S/C13H13NO5/c1-5(15)8-4-9(13(18)19)12(14)11(7(3)17)10(8)6(2)16/h4H,14H2,1-3H3,(H,18,19). The van der Waals surface area contributed by atoms with Crippen molar-refractivity contribution < 1.29 is 24.3 Å². The summed E-state index contributed by atoms with van der Waals surface area (Å²) in [7, 11) is 0. The Morgan fingerprint density at radius 3 is 1.68 bits per heavy atom. The molecule has 0 aliphatic carbocycles. The molecule has 0 saturated carbocycles. The van der Waals surface area contributed by atoms with E-state index in [4.69, 9.17) is 10.8 Å². The number of carbonyl (C=O) groups excluding carboxylic acids is 3. The van der Waals surface area contributed by atoms with Gasteiger partial charge in [0.1, 0.15) is 0 Å². The summed E-state index contributed by atoms with van der Waals surface area (Å²) in [6.45, 7) is 3.54. The summed E-state index contributed by atoms with van der Waals surface area (Å²) in [6, 6.07) is 1.03. The lowest BCUT2D eigenvalue weighted by Gasteiger charge is -2.14. The van der Waals surface area contributed by atoms with Crippen molar-refractivity contribution >= 4 is 29.0 Å². The van der Waals surface area contributed by atoms with Crippen LogP contribution in [-0.4, -0.2) is 28.4 Å². The molecule has 6 heteroatoms. The first-order valence-corrected chi connectivity index (χ1v) is 5.41. The molecule has 0 saturated heterocycles. The molecule has 0 spiro atoms. The van der Waals surface area contributed by atoms with Gasteiger partial charge in [-0.05, 0) is 26.8 Å². The minimum Gasteiger partial charge on any atom is -0.478 e. The average molecular weight is 263 g/mol. The molecule has 0 bridgehead atoms. The van der Waals surface area contributed by atoms with Crippen LogP contribution in [0.25, 0.3) is 0 Å². The van der Waals surface area contributed by atoms with E-state index in [1.807, 2.05) is 0 Å². The average Bonchev–Trinajstić information content (AvgIpc) is 2.26. The molecule has 19 heavy (non-hydrogen) atoms. The molecule has 0 aromatic heterocycles. The van der Waals surface area contributed by atoms with Crippen LogP contribution in [0.5, 0.6) is 0 Å². The summed E-state index contributed by atoms with van der Waals surface area (Å²) in [5.41, 5.74) is 4.53. The topological polar surface area (TPSA) is 115 Å². The Bertz CT molecular complexity index is 616. The van der Waals surface area contributed by atoms with Crippen molar-refractivity contribution in [1.29, 1.82) is 0 Å². The highest BCUT2D eigenvalue weighted by Gasteiger charge is 2.26. The number of aromatic carboxylic acids is 1. The molecule has 1 aromatic rings. The smallest absolute Gasteiger partial charge is 0.337 e. The largest absolute Gasteiger partial charge is 0.478 e. The lowest BCUT2D eigenvalue weighted by atomic mass is 9.89. The first kappa shape index (κ1) is 14.6. The fraction of sp³-hybridized carbons (Fsp3) is 0.231. The molecule has 0 aliphatic rings. The number of hydrogen-bond acceptors (Lipinski definition) is 5. The lowest BCUT2D eigenvalue weighted by molar-refractivity contribution is 0.0697. The number of Topliss-reactive ketones (excluding diaryl/α,β-unsaturated/α-hetero) is 3. The van der Waals surface area contributed by atoms with E-state index < -0.39 is 23.3 Å². The van der Waals surface area contributed by atoms with Gasteiger partial charge in [-0.1, -0.05) is 0 Å². The fourth-order valence-electron chi connectivity index (χ4n) is 1.88. The van der Waals surface area contributed by atoms with Gasteiger partial charge in [0.25, 0.3) is 0 Å². The number of nitrogen functional groups attached to an aromatic ring is 1. The first-order valence-electron chi connectivity index (χ1n) is 5.41. The van der Waals surface area contributed by atoms with E-state index in [-0.39, 0.29) is 27.9 Å². The number of ketones is 3. The second-order valence-corrected chi connectivity index (χ2v) is 4.11. The van der Waals surface area contributed by atoms with Gasteiger partial charge in [0, 0.05) is 11.1 Å². The Morgan fingerprint density at radius 1 is 0.895 bits per heavy atom. The molecule has 0 aliphatic heterocycles. The molecule has 0 fully saturated rings.